The van der Waals surface area contributed by atoms with Gasteiger partial charge in [0.2, 0.25) is 0 Å². The third-order valence-electron chi connectivity index (χ3n) is 5.40. The minimum atomic E-state index is -0.115. The number of amides is 2. The summed E-state index contributed by atoms with van der Waals surface area (Å²) in [5.74, 6) is 0.260. The molecule has 0 saturated heterocycles. The lowest BCUT2D eigenvalue weighted by atomic mass is 10.1. The van der Waals surface area contributed by atoms with E-state index in [1.165, 1.54) is 0 Å². The van der Waals surface area contributed by atoms with Crippen LogP contribution in [0.4, 0.5) is 0 Å². The largest absolute Gasteiger partial charge is 0.336 e. The highest BCUT2D eigenvalue weighted by molar-refractivity contribution is 5.97. The molecule has 6 heteroatoms. The average Bonchev–Trinajstić information content (AvgIpc) is 3.13. The van der Waals surface area contributed by atoms with Gasteiger partial charge in [-0.05, 0) is 37.7 Å². The summed E-state index contributed by atoms with van der Waals surface area (Å²) < 4.78 is 1.99. The van der Waals surface area contributed by atoms with Gasteiger partial charge < -0.3 is 14.4 Å². The van der Waals surface area contributed by atoms with E-state index in [1.807, 2.05) is 39.8 Å². The molecule has 0 radical (unpaired) electrons. The van der Waals surface area contributed by atoms with Gasteiger partial charge in [0, 0.05) is 33.2 Å². The number of fused-ring (bicyclic) bond motifs is 1. The van der Waals surface area contributed by atoms with Gasteiger partial charge in [0.05, 0.1) is 5.69 Å². The molecule has 0 unspecified atom stereocenters. The van der Waals surface area contributed by atoms with Gasteiger partial charge in [-0.2, -0.15) is 0 Å². The van der Waals surface area contributed by atoms with Crippen LogP contribution in [0, 0.1) is 0 Å². The van der Waals surface area contributed by atoms with E-state index in [1.54, 1.807) is 11.9 Å². The van der Waals surface area contributed by atoms with Crippen LogP contribution in [0.2, 0.25) is 0 Å². The van der Waals surface area contributed by atoms with E-state index in [0.717, 1.165) is 49.9 Å². The van der Waals surface area contributed by atoms with E-state index in [9.17, 15) is 9.59 Å². The van der Waals surface area contributed by atoms with Crippen molar-refractivity contribution in [1.29, 1.82) is 0 Å². The first-order valence-electron chi connectivity index (χ1n) is 10.7. The van der Waals surface area contributed by atoms with Gasteiger partial charge in [-0.3, -0.25) is 9.59 Å². The van der Waals surface area contributed by atoms with Crippen LogP contribution in [0.15, 0.2) is 30.3 Å². The van der Waals surface area contributed by atoms with Gasteiger partial charge in [-0.15, -0.1) is 0 Å². The highest BCUT2D eigenvalue weighted by Crippen LogP contribution is 2.23. The van der Waals surface area contributed by atoms with E-state index in [0.29, 0.717) is 31.2 Å². The van der Waals surface area contributed by atoms with Crippen molar-refractivity contribution >= 4 is 11.8 Å². The van der Waals surface area contributed by atoms with Gasteiger partial charge in [0.25, 0.3) is 11.8 Å². The second-order valence-corrected chi connectivity index (χ2v) is 7.78. The van der Waals surface area contributed by atoms with Crippen LogP contribution in [0.25, 0.3) is 0 Å². The van der Waals surface area contributed by atoms with Crippen molar-refractivity contribution in [2.24, 2.45) is 0 Å². The quantitative estimate of drug-likeness (QED) is 0.683. The average molecular weight is 397 g/mol. The van der Waals surface area contributed by atoms with Crippen LogP contribution >= 0.6 is 0 Å². The molecule has 1 aromatic heterocycles. The summed E-state index contributed by atoms with van der Waals surface area (Å²) >= 11 is 0. The summed E-state index contributed by atoms with van der Waals surface area (Å²) in [6, 6.07) is 9.93. The number of benzene rings is 1. The topological polar surface area (TPSA) is 58.4 Å². The first-order chi connectivity index (χ1) is 14.1. The molecular weight excluding hydrogens is 364 g/mol. The maximum Gasteiger partial charge on any atom is 0.289 e. The van der Waals surface area contributed by atoms with Crippen molar-refractivity contribution in [3.63, 3.8) is 0 Å². The number of hydrogen-bond acceptors (Lipinski definition) is 3. The molecule has 2 aromatic rings. The lowest BCUT2D eigenvalue weighted by molar-refractivity contribution is 0.0737. The summed E-state index contributed by atoms with van der Waals surface area (Å²) in [4.78, 5) is 34.6. The van der Waals surface area contributed by atoms with Gasteiger partial charge in [0.1, 0.15) is 5.69 Å². The van der Waals surface area contributed by atoms with Crippen LogP contribution in [0.1, 0.15) is 71.9 Å². The predicted molar refractivity (Wildman–Crippen MR) is 114 cm³/mol. The zero-order valence-corrected chi connectivity index (χ0v) is 17.9. The fourth-order valence-corrected chi connectivity index (χ4v) is 3.98. The Hall–Kier alpha value is -2.63. The molecule has 156 valence electrons. The molecule has 6 nitrogen and oxygen atoms in total. The first kappa shape index (κ1) is 21.1. The monoisotopic (exact) mass is 396 g/mol. The van der Waals surface area contributed by atoms with Crippen molar-refractivity contribution < 1.29 is 9.59 Å². The molecule has 1 aliphatic rings. The predicted octanol–water partition coefficient (Wildman–Crippen LogP) is 3.75. The van der Waals surface area contributed by atoms with Crippen LogP contribution in [-0.2, 0) is 19.5 Å². The third-order valence-corrected chi connectivity index (χ3v) is 5.40. The van der Waals surface area contributed by atoms with Crippen molar-refractivity contribution in [2.75, 3.05) is 20.1 Å². The minimum absolute atomic E-state index is 0.0541. The number of carbonyl (C=O) groups excluding carboxylic acids is 2. The molecule has 2 amide bonds. The van der Waals surface area contributed by atoms with Crippen LogP contribution in [0.3, 0.4) is 0 Å². The van der Waals surface area contributed by atoms with Crippen molar-refractivity contribution in [2.45, 2.75) is 59.0 Å². The van der Waals surface area contributed by atoms with E-state index in [2.05, 4.69) is 18.8 Å². The number of imidazole rings is 1. The van der Waals surface area contributed by atoms with E-state index in [-0.39, 0.29) is 11.8 Å². The lowest BCUT2D eigenvalue weighted by Crippen LogP contribution is -2.35. The van der Waals surface area contributed by atoms with Gasteiger partial charge in [0.15, 0.2) is 5.82 Å². The summed E-state index contributed by atoms with van der Waals surface area (Å²) in [5, 5.41) is 0. The molecule has 0 fully saturated rings. The third kappa shape index (κ3) is 4.69. The van der Waals surface area contributed by atoms with E-state index >= 15 is 0 Å². The Balaban J connectivity index is 1.89. The maximum absolute atomic E-state index is 13.2. The molecule has 0 saturated carbocycles. The zero-order valence-electron chi connectivity index (χ0n) is 17.9. The first-order valence-corrected chi connectivity index (χ1v) is 10.7. The molecule has 2 heterocycles. The number of hydrogen-bond donors (Lipinski definition) is 0. The van der Waals surface area contributed by atoms with Gasteiger partial charge in [-0.1, -0.05) is 44.2 Å². The molecule has 1 aromatic carbocycles. The fraction of sp³-hybridized carbons (Fsp3) is 0.522. The summed E-state index contributed by atoms with van der Waals surface area (Å²) in [5.41, 5.74) is 2.43. The minimum Gasteiger partial charge on any atom is -0.336 e. The van der Waals surface area contributed by atoms with Crippen LogP contribution < -0.4 is 0 Å². The van der Waals surface area contributed by atoms with Crippen LogP contribution in [-0.4, -0.2) is 51.3 Å². The second-order valence-electron chi connectivity index (χ2n) is 7.78. The Labute approximate surface area is 173 Å². The van der Waals surface area contributed by atoms with Crippen LogP contribution in [0.5, 0.6) is 0 Å². The summed E-state index contributed by atoms with van der Waals surface area (Å²) in [6.07, 6.45) is 4.65. The van der Waals surface area contributed by atoms with Crippen molar-refractivity contribution in [3.8, 4) is 0 Å². The van der Waals surface area contributed by atoms with Crippen molar-refractivity contribution in [3.05, 3.63) is 53.1 Å². The zero-order chi connectivity index (χ0) is 20.8. The maximum atomic E-state index is 13.2. The number of nitrogens with zero attached hydrogens (tertiary/aromatic N) is 4. The Morgan fingerprint density at radius 2 is 1.72 bits per heavy atom. The molecule has 1 aliphatic heterocycles. The number of rotatable bonds is 8. The van der Waals surface area contributed by atoms with Gasteiger partial charge >= 0.3 is 0 Å². The summed E-state index contributed by atoms with van der Waals surface area (Å²) in [7, 11) is 1.80. The molecule has 0 N–H and O–H groups in total. The summed E-state index contributed by atoms with van der Waals surface area (Å²) in [6.45, 7) is 6.85. The highest BCUT2D eigenvalue weighted by Gasteiger charge is 2.30. The highest BCUT2D eigenvalue weighted by atomic mass is 16.2. The molecule has 0 bridgehead atoms. The number of aromatic nitrogens is 2. The second kappa shape index (κ2) is 9.72. The molecule has 0 atom stereocenters. The Morgan fingerprint density at radius 3 is 2.38 bits per heavy atom. The Morgan fingerprint density at radius 1 is 1.03 bits per heavy atom. The molecule has 0 spiro atoms. The molecule has 0 aliphatic carbocycles. The van der Waals surface area contributed by atoms with E-state index in [4.69, 9.17) is 0 Å². The number of carbonyl (C=O) groups is 2. The SMILES string of the molecule is CCCN(CCC)C(=O)c1nc(C(=O)N(C)Cc2ccccc2)c2n1CCCC2. The molecular formula is C23H32N4O2. The van der Waals surface area contributed by atoms with Crippen molar-refractivity contribution in [1.82, 2.24) is 19.4 Å². The smallest absolute Gasteiger partial charge is 0.289 e. The normalized spacial score (nSPS) is 13.1. The van der Waals surface area contributed by atoms with Gasteiger partial charge in [-0.25, -0.2) is 4.98 Å². The standard InChI is InChI=1S/C23H32N4O2/c1-4-14-26(15-5-2)23(29)21-24-20(19-13-9-10-16-27(19)21)22(28)25(3)17-18-11-7-6-8-12-18/h6-8,11-12H,4-5,9-10,13-17H2,1-3H3. The molecule has 29 heavy (non-hydrogen) atoms. The Bertz CT molecular complexity index is 838. The van der Waals surface area contributed by atoms with E-state index < -0.39 is 0 Å². The molecule has 3 rings (SSSR count). The fourth-order valence-electron chi connectivity index (χ4n) is 3.98. The Kier molecular flexibility index (Phi) is 7.07. The lowest BCUT2D eigenvalue weighted by Gasteiger charge is -2.23.